The lowest BCUT2D eigenvalue weighted by Gasteiger charge is -2.36. The Bertz CT molecular complexity index is 1400. The number of ether oxygens (including phenoxy) is 1. The molecule has 3 heterocycles. The number of hydrogen-bond donors (Lipinski definition) is 1. The number of benzene rings is 2. The zero-order valence-corrected chi connectivity index (χ0v) is 20.9. The van der Waals surface area contributed by atoms with Crippen LogP contribution in [0.15, 0.2) is 60.8 Å². The lowest BCUT2D eigenvalue weighted by Crippen LogP contribution is -2.49. The zero-order chi connectivity index (χ0) is 25.1. The number of aromatic nitrogens is 3. The van der Waals surface area contributed by atoms with Crippen molar-refractivity contribution in [2.75, 3.05) is 43.0 Å². The van der Waals surface area contributed by atoms with Gasteiger partial charge in [0.05, 0.1) is 12.2 Å². The number of carbonyl (C=O) groups excluding carboxylic acids is 1. The Labute approximate surface area is 211 Å². The molecule has 1 saturated heterocycles. The Hall–Kier alpha value is -4.20. The van der Waals surface area contributed by atoms with Gasteiger partial charge in [0.1, 0.15) is 29.0 Å². The molecular formula is C28H30N6O2. The van der Waals surface area contributed by atoms with Crippen LogP contribution in [0.1, 0.15) is 28.7 Å². The van der Waals surface area contributed by atoms with E-state index in [0.29, 0.717) is 55.7 Å². The number of hydrogen-bond acceptors (Lipinski definition) is 7. The lowest BCUT2D eigenvalue weighted by atomic mass is 10.0. The topological polar surface area (TPSA) is 83.5 Å². The molecule has 0 spiro atoms. The van der Waals surface area contributed by atoms with E-state index in [1.165, 1.54) is 0 Å². The molecule has 1 aliphatic heterocycles. The van der Waals surface area contributed by atoms with E-state index in [2.05, 4.69) is 25.2 Å². The molecule has 0 bridgehead atoms. The van der Waals surface area contributed by atoms with Gasteiger partial charge >= 0.3 is 0 Å². The first-order chi connectivity index (χ1) is 17.5. The summed E-state index contributed by atoms with van der Waals surface area (Å²) < 4.78 is 5.84. The van der Waals surface area contributed by atoms with Crippen LogP contribution < -0.4 is 15.0 Å². The van der Waals surface area contributed by atoms with Crippen LogP contribution >= 0.6 is 0 Å². The second kappa shape index (κ2) is 10.2. The van der Waals surface area contributed by atoms with Gasteiger partial charge in [0.2, 0.25) is 0 Å². The highest BCUT2D eigenvalue weighted by Gasteiger charge is 2.27. The molecular weight excluding hydrogens is 452 g/mol. The number of amides is 1. The van der Waals surface area contributed by atoms with Gasteiger partial charge in [-0.3, -0.25) is 4.79 Å². The van der Waals surface area contributed by atoms with Crippen LogP contribution in [0.25, 0.3) is 10.8 Å². The first-order valence-corrected chi connectivity index (χ1v) is 12.3. The number of aryl methyl sites for hydroxylation is 2. The smallest absolute Gasteiger partial charge is 0.258 e. The van der Waals surface area contributed by atoms with Gasteiger partial charge in [-0.15, -0.1) is 0 Å². The first-order valence-electron chi connectivity index (χ1n) is 12.3. The normalized spacial score (nSPS) is 13.6. The Balaban J connectivity index is 1.33. The van der Waals surface area contributed by atoms with Gasteiger partial charge < -0.3 is 19.9 Å². The van der Waals surface area contributed by atoms with E-state index in [1.807, 2.05) is 80.3 Å². The lowest BCUT2D eigenvalue weighted by molar-refractivity contribution is 0.0744. The molecule has 0 radical (unpaired) electrons. The molecule has 0 atom stereocenters. The van der Waals surface area contributed by atoms with Crippen molar-refractivity contribution in [1.82, 2.24) is 19.9 Å². The van der Waals surface area contributed by atoms with Crippen LogP contribution in [0, 0.1) is 13.8 Å². The van der Waals surface area contributed by atoms with Gasteiger partial charge in [-0.1, -0.05) is 30.3 Å². The molecule has 5 rings (SSSR count). The van der Waals surface area contributed by atoms with Crippen molar-refractivity contribution in [1.29, 1.82) is 0 Å². The molecule has 8 nitrogen and oxygen atoms in total. The van der Waals surface area contributed by atoms with Crippen LogP contribution in [0.5, 0.6) is 5.75 Å². The minimum atomic E-state index is 0.00152. The van der Waals surface area contributed by atoms with Crippen molar-refractivity contribution < 1.29 is 9.53 Å². The molecule has 0 unspecified atom stereocenters. The van der Waals surface area contributed by atoms with Crippen molar-refractivity contribution in [3.63, 3.8) is 0 Å². The summed E-state index contributed by atoms with van der Waals surface area (Å²) in [5, 5.41) is 5.23. The van der Waals surface area contributed by atoms with Crippen molar-refractivity contribution in [3.8, 4) is 5.75 Å². The monoisotopic (exact) mass is 482 g/mol. The van der Waals surface area contributed by atoms with E-state index in [1.54, 1.807) is 6.20 Å². The fraction of sp³-hybridized carbons (Fsp3) is 0.286. The minimum absolute atomic E-state index is 0.00152. The number of anilines is 3. The molecule has 1 amide bonds. The fourth-order valence-corrected chi connectivity index (χ4v) is 4.56. The molecule has 1 fully saturated rings. The van der Waals surface area contributed by atoms with Crippen molar-refractivity contribution in [3.05, 3.63) is 77.7 Å². The van der Waals surface area contributed by atoms with Gasteiger partial charge in [0.25, 0.3) is 5.91 Å². The molecule has 8 heteroatoms. The Kier molecular flexibility index (Phi) is 6.66. The molecule has 2 aromatic carbocycles. The largest absolute Gasteiger partial charge is 0.493 e. The van der Waals surface area contributed by atoms with Gasteiger partial charge in [-0.25, -0.2) is 15.0 Å². The molecule has 1 N–H and O–H groups in total. The summed E-state index contributed by atoms with van der Waals surface area (Å²) in [5.74, 6) is 3.60. The molecule has 0 saturated carbocycles. The summed E-state index contributed by atoms with van der Waals surface area (Å²) in [7, 11) is 0. The molecule has 0 aliphatic carbocycles. The van der Waals surface area contributed by atoms with Crippen LogP contribution in [0.2, 0.25) is 0 Å². The predicted octanol–water partition coefficient (Wildman–Crippen LogP) is 4.75. The maximum absolute atomic E-state index is 13.7. The number of carbonyl (C=O) groups is 1. The summed E-state index contributed by atoms with van der Waals surface area (Å²) in [4.78, 5) is 31.3. The number of piperazine rings is 1. The van der Waals surface area contributed by atoms with E-state index in [4.69, 9.17) is 4.74 Å². The highest BCUT2D eigenvalue weighted by atomic mass is 16.5. The highest BCUT2D eigenvalue weighted by molar-refractivity contribution is 6.09. The highest BCUT2D eigenvalue weighted by Crippen LogP contribution is 2.30. The first kappa shape index (κ1) is 23.5. The summed E-state index contributed by atoms with van der Waals surface area (Å²) in [6.07, 6.45) is 1.77. The molecule has 4 aromatic rings. The SMILES string of the molecule is CCOc1ccc2ccccc2c1C(=O)N1CCN(c2cc(Nc3cc(C)ccn3)nc(C)n2)CC1. The quantitative estimate of drug-likeness (QED) is 0.425. The van der Waals surface area contributed by atoms with Crippen molar-refractivity contribution >= 4 is 34.1 Å². The Morgan fingerprint density at radius 3 is 2.56 bits per heavy atom. The van der Waals surface area contributed by atoms with E-state index in [0.717, 1.165) is 28.0 Å². The third-order valence-corrected chi connectivity index (χ3v) is 6.29. The van der Waals surface area contributed by atoms with E-state index in [-0.39, 0.29) is 5.91 Å². The standard InChI is InChI=1S/C28H30N6O2/c1-4-36-23-10-9-21-7-5-6-8-22(21)27(23)28(35)34-15-13-33(14-16-34)26-18-25(30-20(3)31-26)32-24-17-19(2)11-12-29-24/h5-12,17-18H,4,13-16H2,1-3H3,(H,29,30,31,32). The van der Waals surface area contributed by atoms with Gasteiger partial charge in [-0.05, 0) is 55.3 Å². The fourth-order valence-electron chi connectivity index (χ4n) is 4.56. The maximum atomic E-state index is 13.7. The van der Waals surface area contributed by atoms with Crippen LogP contribution in [-0.2, 0) is 0 Å². The average molecular weight is 483 g/mol. The number of nitrogens with one attached hydrogen (secondary N) is 1. The number of nitrogens with zero attached hydrogens (tertiary/aromatic N) is 5. The Morgan fingerprint density at radius 1 is 0.972 bits per heavy atom. The summed E-state index contributed by atoms with van der Waals surface area (Å²) in [5.41, 5.74) is 1.76. The van der Waals surface area contributed by atoms with Gasteiger partial charge in [0, 0.05) is 38.4 Å². The van der Waals surface area contributed by atoms with E-state index < -0.39 is 0 Å². The molecule has 36 heavy (non-hydrogen) atoms. The second-order valence-electron chi connectivity index (χ2n) is 8.87. The van der Waals surface area contributed by atoms with Crippen molar-refractivity contribution in [2.45, 2.75) is 20.8 Å². The minimum Gasteiger partial charge on any atom is -0.493 e. The third-order valence-electron chi connectivity index (χ3n) is 6.29. The summed E-state index contributed by atoms with van der Waals surface area (Å²) in [6, 6.07) is 17.7. The Morgan fingerprint density at radius 2 is 1.78 bits per heavy atom. The van der Waals surface area contributed by atoms with Gasteiger partial charge in [-0.2, -0.15) is 0 Å². The van der Waals surface area contributed by atoms with Crippen LogP contribution in [-0.4, -0.2) is 58.5 Å². The predicted molar refractivity (Wildman–Crippen MR) is 142 cm³/mol. The van der Waals surface area contributed by atoms with E-state index in [9.17, 15) is 4.79 Å². The number of fused-ring (bicyclic) bond motifs is 1. The van der Waals surface area contributed by atoms with Crippen LogP contribution in [0.3, 0.4) is 0 Å². The molecule has 2 aromatic heterocycles. The second-order valence-corrected chi connectivity index (χ2v) is 8.87. The number of rotatable bonds is 6. The van der Waals surface area contributed by atoms with E-state index >= 15 is 0 Å². The number of pyridine rings is 1. The van der Waals surface area contributed by atoms with Crippen LogP contribution in [0.4, 0.5) is 17.5 Å². The summed E-state index contributed by atoms with van der Waals surface area (Å²) >= 11 is 0. The summed E-state index contributed by atoms with van der Waals surface area (Å²) in [6.45, 7) is 8.90. The average Bonchev–Trinajstić information content (AvgIpc) is 2.88. The third kappa shape index (κ3) is 4.93. The molecule has 184 valence electrons. The zero-order valence-electron chi connectivity index (χ0n) is 20.9. The van der Waals surface area contributed by atoms with Gasteiger partial charge in [0.15, 0.2) is 0 Å². The maximum Gasteiger partial charge on any atom is 0.258 e. The molecule has 1 aliphatic rings. The van der Waals surface area contributed by atoms with Crippen molar-refractivity contribution in [2.24, 2.45) is 0 Å².